The van der Waals surface area contributed by atoms with Crippen molar-refractivity contribution in [3.05, 3.63) is 74.9 Å². The third-order valence-corrected chi connectivity index (χ3v) is 5.90. The molecule has 3 aromatic rings. The summed E-state index contributed by atoms with van der Waals surface area (Å²) >= 11 is 0. The molecule has 38 heavy (non-hydrogen) atoms. The van der Waals surface area contributed by atoms with Gasteiger partial charge in [-0.05, 0) is 37.6 Å². The number of fused-ring (bicyclic) bond motifs is 1. The zero-order valence-electron chi connectivity index (χ0n) is 20.6. The Bertz CT molecular complexity index is 1440. The van der Waals surface area contributed by atoms with Crippen LogP contribution in [0.5, 0.6) is 11.5 Å². The van der Waals surface area contributed by atoms with E-state index in [9.17, 15) is 32.3 Å². The lowest BCUT2D eigenvalue weighted by molar-refractivity contribution is -0.274. The Hall–Kier alpha value is -4.07. The van der Waals surface area contributed by atoms with Crippen molar-refractivity contribution in [2.24, 2.45) is 7.05 Å². The lowest BCUT2D eigenvalue weighted by Crippen LogP contribution is -2.53. The van der Waals surface area contributed by atoms with Crippen molar-refractivity contribution in [2.45, 2.75) is 51.7 Å². The Kier molecular flexibility index (Phi) is 7.10. The highest BCUT2D eigenvalue weighted by atomic mass is 19.4. The number of aliphatic hydroxyl groups is 1. The van der Waals surface area contributed by atoms with E-state index in [0.717, 1.165) is 22.9 Å². The van der Waals surface area contributed by atoms with E-state index in [0.29, 0.717) is 5.69 Å². The van der Waals surface area contributed by atoms with Crippen molar-refractivity contribution >= 4 is 11.5 Å². The largest absolute Gasteiger partial charge is 0.573 e. The number of alkyl halides is 3. The molecule has 2 N–H and O–H groups in total. The number of benzene rings is 1. The highest BCUT2D eigenvalue weighted by Gasteiger charge is 2.46. The zero-order valence-corrected chi connectivity index (χ0v) is 20.6. The summed E-state index contributed by atoms with van der Waals surface area (Å²) in [5, 5.41) is 12.7. The molecule has 0 aliphatic carbocycles. The van der Waals surface area contributed by atoms with Gasteiger partial charge in [-0.3, -0.25) is 18.9 Å². The van der Waals surface area contributed by atoms with Gasteiger partial charge < -0.3 is 24.8 Å². The lowest BCUT2D eigenvalue weighted by atomic mass is 10.2. The molecular formula is C24H25F4N5O5. The topological polar surface area (TPSA) is 111 Å². The maximum atomic E-state index is 13.6. The molecule has 14 heteroatoms. The first kappa shape index (κ1) is 27.0. The van der Waals surface area contributed by atoms with Crippen LogP contribution in [0.2, 0.25) is 0 Å². The molecule has 0 spiro atoms. The minimum atomic E-state index is -4.92. The Morgan fingerprint density at radius 1 is 1.18 bits per heavy atom. The molecule has 4 rings (SSSR count). The number of nitrogens with zero attached hydrogens (tertiary/aromatic N) is 4. The number of rotatable bonds is 8. The number of hydrogen-bond acceptors (Lipinski definition) is 8. The number of aliphatic hydroxyl groups excluding tert-OH is 1. The Labute approximate surface area is 213 Å². The predicted octanol–water partition coefficient (Wildman–Crippen LogP) is 2.94. The molecule has 2 unspecified atom stereocenters. The van der Waals surface area contributed by atoms with E-state index in [2.05, 4.69) is 15.0 Å². The van der Waals surface area contributed by atoms with Gasteiger partial charge >= 0.3 is 12.1 Å². The molecule has 0 saturated heterocycles. The Morgan fingerprint density at radius 2 is 1.89 bits per heavy atom. The maximum absolute atomic E-state index is 13.6. The van der Waals surface area contributed by atoms with Gasteiger partial charge in [0, 0.05) is 26.6 Å². The summed E-state index contributed by atoms with van der Waals surface area (Å²) in [7, 11) is 1.43. The third-order valence-electron chi connectivity index (χ3n) is 5.90. The molecule has 2 aromatic heterocycles. The van der Waals surface area contributed by atoms with Gasteiger partial charge in [0.1, 0.15) is 28.8 Å². The number of aromatic nitrogens is 3. The Balaban J connectivity index is 1.80. The van der Waals surface area contributed by atoms with Gasteiger partial charge in [0.15, 0.2) is 0 Å². The van der Waals surface area contributed by atoms with Crippen LogP contribution in [0, 0.1) is 5.82 Å². The van der Waals surface area contributed by atoms with Crippen molar-refractivity contribution < 1.29 is 32.1 Å². The highest BCUT2D eigenvalue weighted by molar-refractivity contribution is 5.73. The number of anilines is 2. The van der Waals surface area contributed by atoms with E-state index < -0.39 is 41.1 Å². The fraction of sp³-hybridized carbons (Fsp3) is 0.375. The number of halogens is 4. The van der Waals surface area contributed by atoms with E-state index in [1.54, 1.807) is 0 Å². The molecule has 204 valence electrons. The molecule has 0 amide bonds. The van der Waals surface area contributed by atoms with Crippen LogP contribution in [-0.4, -0.2) is 37.5 Å². The van der Waals surface area contributed by atoms with Crippen LogP contribution in [0.25, 0.3) is 0 Å². The van der Waals surface area contributed by atoms with Gasteiger partial charge in [-0.2, -0.15) is 0 Å². The zero-order chi connectivity index (χ0) is 27.8. The Morgan fingerprint density at radius 3 is 2.53 bits per heavy atom. The van der Waals surface area contributed by atoms with Gasteiger partial charge in [0.25, 0.3) is 11.4 Å². The smallest absolute Gasteiger partial charge is 0.450 e. The van der Waals surface area contributed by atoms with Crippen molar-refractivity contribution in [3.8, 4) is 11.5 Å². The van der Waals surface area contributed by atoms with Gasteiger partial charge in [0.05, 0.1) is 24.5 Å². The second-order valence-electron chi connectivity index (χ2n) is 8.92. The molecule has 2 atom stereocenters. The van der Waals surface area contributed by atoms with E-state index in [4.69, 9.17) is 4.74 Å². The van der Waals surface area contributed by atoms with Crippen LogP contribution in [-0.2, 0) is 20.1 Å². The SMILES string of the molecule is CC(O)CCn1c(=O)c2c(n(C)c1=O)NC(C)(Oc1cccc(OC(F)(F)F)c1)N2Cc1ccc(F)cn1. The summed E-state index contributed by atoms with van der Waals surface area (Å²) in [6.07, 6.45) is -4.55. The van der Waals surface area contributed by atoms with E-state index in [-0.39, 0.29) is 36.8 Å². The predicted molar refractivity (Wildman–Crippen MR) is 128 cm³/mol. The van der Waals surface area contributed by atoms with E-state index >= 15 is 0 Å². The fourth-order valence-electron chi connectivity index (χ4n) is 4.09. The molecule has 0 bridgehead atoms. The molecule has 10 nitrogen and oxygen atoms in total. The average molecular weight is 539 g/mol. The normalized spacial score (nSPS) is 17.6. The van der Waals surface area contributed by atoms with Crippen LogP contribution in [0.4, 0.5) is 29.1 Å². The second-order valence-corrected chi connectivity index (χ2v) is 8.92. The first-order valence-electron chi connectivity index (χ1n) is 11.5. The van der Waals surface area contributed by atoms with Crippen molar-refractivity contribution in [3.63, 3.8) is 0 Å². The van der Waals surface area contributed by atoms with Crippen LogP contribution >= 0.6 is 0 Å². The molecule has 0 fully saturated rings. The molecule has 1 aromatic carbocycles. The molecule has 1 aliphatic heterocycles. The monoisotopic (exact) mass is 539 g/mol. The average Bonchev–Trinajstić information content (AvgIpc) is 3.10. The highest BCUT2D eigenvalue weighted by Crippen LogP contribution is 2.39. The summed E-state index contributed by atoms with van der Waals surface area (Å²) < 4.78 is 63.9. The quantitative estimate of drug-likeness (QED) is 0.421. The van der Waals surface area contributed by atoms with Crippen LogP contribution < -0.4 is 30.9 Å². The molecule has 0 saturated carbocycles. The van der Waals surface area contributed by atoms with Gasteiger partial charge in [0.2, 0.25) is 0 Å². The lowest BCUT2D eigenvalue weighted by Gasteiger charge is -2.36. The van der Waals surface area contributed by atoms with Crippen LogP contribution in [0.15, 0.2) is 52.2 Å². The summed E-state index contributed by atoms with van der Waals surface area (Å²) in [5.41, 5.74) is -0.964. The van der Waals surface area contributed by atoms with Crippen LogP contribution in [0.3, 0.4) is 0 Å². The van der Waals surface area contributed by atoms with Crippen molar-refractivity contribution in [1.82, 2.24) is 14.1 Å². The minimum absolute atomic E-state index is 0.0222. The van der Waals surface area contributed by atoms with Gasteiger partial charge in [-0.1, -0.05) is 6.07 Å². The number of pyridine rings is 1. The first-order valence-corrected chi connectivity index (χ1v) is 11.5. The molecule has 1 aliphatic rings. The molecular weight excluding hydrogens is 514 g/mol. The first-order chi connectivity index (χ1) is 17.8. The number of hydrogen-bond donors (Lipinski definition) is 2. The van der Waals surface area contributed by atoms with Crippen molar-refractivity contribution in [2.75, 3.05) is 10.2 Å². The minimum Gasteiger partial charge on any atom is -0.450 e. The van der Waals surface area contributed by atoms with Gasteiger partial charge in [-0.15, -0.1) is 13.2 Å². The molecule has 0 radical (unpaired) electrons. The standard InChI is InChI=1S/C24H25F4N5O5/c1-14(34)9-10-32-21(35)19-20(31(3)22(32)36)30-23(2,33(19)13-16-8-7-15(25)12-29-16)37-17-5-4-6-18(11-17)38-24(26,27)28/h4-8,11-12,14,30,34H,9-10,13H2,1-3H3. The summed E-state index contributed by atoms with van der Waals surface area (Å²) in [4.78, 5) is 32.0. The van der Waals surface area contributed by atoms with E-state index in [1.165, 1.54) is 54.6 Å². The summed E-state index contributed by atoms with van der Waals surface area (Å²) in [6.45, 7) is 2.88. The number of ether oxygens (including phenoxy) is 2. The third kappa shape index (κ3) is 5.59. The fourth-order valence-corrected chi connectivity index (χ4v) is 4.09. The van der Waals surface area contributed by atoms with Gasteiger partial charge in [-0.25, -0.2) is 9.18 Å². The molecule has 3 heterocycles. The maximum Gasteiger partial charge on any atom is 0.573 e. The van der Waals surface area contributed by atoms with Crippen molar-refractivity contribution in [1.29, 1.82) is 0 Å². The summed E-state index contributed by atoms with van der Waals surface area (Å²) in [6, 6.07) is 7.41. The van der Waals surface area contributed by atoms with E-state index in [1.807, 2.05) is 0 Å². The second kappa shape index (κ2) is 10.0. The number of nitrogens with one attached hydrogen (secondary N) is 1. The summed E-state index contributed by atoms with van der Waals surface area (Å²) in [5.74, 6) is -2.64. The van der Waals surface area contributed by atoms with Crippen LogP contribution in [0.1, 0.15) is 26.0 Å².